The van der Waals surface area contributed by atoms with Crippen LogP contribution in [0, 0.1) is 0 Å². The maximum absolute atomic E-state index is 13.5. The summed E-state index contributed by atoms with van der Waals surface area (Å²) in [6.45, 7) is -0.209. The Morgan fingerprint density at radius 1 is 1.10 bits per heavy atom. The number of carbonyl (C=O) groups is 1. The van der Waals surface area contributed by atoms with Gasteiger partial charge in [0, 0.05) is 16.1 Å². The minimum atomic E-state index is -0.306. The molecule has 0 saturated heterocycles. The second kappa shape index (κ2) is 12.4. The Morgan fingerprint density at radius 3 is 2.62 bits per heavy atom. The first-order chi connectivity index (χ1) is 18.9. The number of hydrogen-bond acceptors (Lipinski definition) is 5. The third kappa shape index (κ3) is 6.59. The Kier molecular flexibility index (Phi) is 8.79. The Labute approximate surface area is 247 Å². The quantitative estimate of drug-likeness (QED) is 0.206. The van der Waals surface area contributed by atoms with E-state index in [0.29, 0.717) is 43.2 Å². The van der Waals surface area contributed by atoms with E-state index < -0.39 is 0 Å². The molecular formula is C29H25Br2ClN4O3. The smallest absolute Gasteiger partial charge is 0.282 e. The fraction of sp³-hybridized carbons (Fsp3) is 0.241. The molecule has 39 heavy (non-hydrogen) atoms. The van der Waals surface area contributed by atoms with Crippen molar-refractivity contribution in [3.63, 3.8) is 0 Å². The summed E-state index contributed by atoms with van der Waals surface area (Å²) in [7, 11) is 0. The van der Waals surface area contributed by atoms with Gasteiger partial charge in [-0.05, 0) is 76.8 Å². The standard InChI is InChI=1S/C29H25Br2ClN4O3/c30-20-11-12-25-22(15-20)29(38)36(28(35-25)19-7-3-1-4-8-19)33-16-18-13-23(31)27(24(32)14-18)39-17-26(37)34-21-9-5-2-6-10-21/h2,5-6,9-16,19H,1,3-4,7-8,17H2,(H,34,37). The summed E-state index contributed by atoms with van der Waals surface area (Å²) in [4.78, 5) is 30.7. The molecular weight excluding hydrogens is 648 g/mol. The van der Waals surface area contributed by atoms with Gasteiger partial charge in [-0.1, -0.05) is 65.0 Å². The molecule has 1 fully saturated rings. The van der Waals surface area contributed by atoms with Crippen LogP contribution in [0.1, 0.15) is 49.4 Å². The number of fused-ring (bicyclic) bond motifs is 1. The number of rotatable bonds is 7. The number of carbonyl (C=O) groups excluding carboxylic acids is 1. The molecule has 0 radical (unpaired) electrons. The second-order valence-corrected chi connectivity index (χ2v) is 11.5. The molecule has 1 heterocycles. The van der Waals surface area contributed by atoms with Gasteiger partial charge in [-0.15, -0.1) is 0 Å². The number of benzene rings is 3. The van der Waals surface area contributed by atoms with Crippen LogP contribution in [0.15, 0.2) is 79.5 Å². The van der Waals surface area contributed by atoms with Crippen molar-refractivity contribution in [2.75, 3.05) is 11.9 Å². The predicted molar refractivity (Wildman–Crippen MR) is 162 cm³/mol. The van der Waals surface area contributed by atoms with Crippen molar-refractivity contribution < 1.29 is 9.53 Å². The van der Waals surface area contributed by atoms with E-state index in [4.69, 9.17) is 21.3 Å². The molecule has 0 aliphatic heterocycles. The van der Waals surface area contributed by atoms with Gasteiger partial charge in [0.1, 0.15) is 5.82 Å². The van der Waals surface area contributed by atoms with Gasteiger partial charge in [0.25, 0.3) is 11.5 Å². The van der Waals surface area contributed by atoms with E-state index in [2.05, 4.69) is 42.3 Å². The Morgan fingerprint density at radius 2 is 1.87 bits per heavy atom. The molecule has 0 bridgehead atoms. The fourth-order valence-electron chi connectivity index (χ4n) is 4.68. The number of ether oxygens (including phenoxy) is 1. The largest absolute Gasteiger partial charge is 0.481 e. The molecule has 1 amide bonds. The lowest BCUT2D eigenvalue weighted by Crippen LogP contribution is -2.25. The van der Waals surface area contributed by atoms with Crippen LogP contribution in [0.5, 0.6) is 5.75 Å². The highest BCUT2D eigenvalue weighted by Crippen LogP contribution is 2.35. The Bertz CT molecular complexity index is 1580. The van der Waals surface area contributed by atoms with Gasteiger partial charge in [0.2, 0.25) is 0 Å². The van der Waals surface area contributed by atoms with E-state index in [1.807, 2.05) is 30.3 Å². The minimum absolute atomic E-state index is 0.171. The minimum Gasteiger partial charge on any atom is -0.481 e. The van der Waals surface area contributed by atoms with Crippen LogP contribution in [-0.4, -0.2) is 28.4 Å². The maximum Gasteiger partial charge on any atom is 0.282 e. The van der Waals surface area contributed by atoms with Crippen molar-refractivity contribution in [1.82, 2.24) is 9.66 Å². The van der Waals surface area contributed by atoms with Crippen LogP contribution >= 0.6 is 43.5 Å². The average Bonchev–Trinajstić information content (AvgIpc) is 2.93. The summed E-state index contributed by atoms with van der Waals surface area (Å²) >= 11 is 13.4. The van der Waals surface area contributed by atoms with Crippen LogP contribution in [0.25, 0.3) is 10.9 Å². The van der Waals surface area contributed by atoms with Crippen molar-refractivity contribution in [1.29, 1.82) is 0 Å². The first kappa shape index (κ1) is 27.6. The molecule has 5 rings (SSSR count). The van der Waals surface area contributed by atoms with E-state index in [1.54, 1.807) is 36.5 Å². The van der Waals surface area contributed by atoms with E-state index in [-0.39, 0.29) is 24.0 Å². The second-order valence-electron chi connectivity index (χ2n) is 9.34. The number of nitrogens with one attached hydrogen (secondary N) is 1. The predicted octanol–water partition coefficient (Wildman–Crippen LogP) is 7.52. The molecule has 1 aromatic heterocycles. The summed E-state index contributed by atoms with van der Waals surface area (Å²) in [6, 6.07) is 18.1. The van der Waals surface area contributed by atoms with Gasteiger partial charge >= 0.3 is 0 Å². The molecule has 1 N–H and O–H groups in total. The first-order valence-corrected chi connectivity index (χ1v) is 14.6. The first-order valence-electron chi connectivity index (χ1n) is 12.6. The van der Waals surface area contributed by atoms with Crippen LogP contribution in [-0.2, 0) is 4.79 Å². The summed E-state index contributed by atoms with van der Waals surface area (Å²) in [5.41, 5.74) is 1.79. The van der Waals surface area contributed by atoms with Gasteiger partial charge < -0.3 is 10.1 Å². The lowest BCUT2D eigenvalue weighted by molar-refractivity contribution is -0.118. The van der Waals surface area contributed by atoms with E-state index in [0.717, 1.165) is 30.2 Å². The highest BCUT2D eigenvalue weighted by Gasteiger charge is 2.22. The van der Waals surface area contributed by atoms with Crippen molar-refractivity contribution >= 4 is 72.2 Å². The zero-order valence-electron chi connectivity index (χ0n) is 20.9. The molecule has 0 spiro atoms. The van der Waals surface area contributed by atoms with E-state index in [1.165, 1.54) is 11.1 Å². The summed E-state index contributed by atoms with van der Waals surface area (Å²) in [5, 5.41) is 8.15. The van der Waals surface area contributed by atoms with Crippen molar-refractivity contribution in [3.8, 4) is 5.75 Å². The summed E-state index contributed by atoms with van der Waals surface area (Å²) in [5.74, 6) is 0.888. The molecule has 7 nitrogen and oxygen atoms in total. The Balaban J connectivity index is 1.40. The molecule has 0 atom stereocenters. The summed E-state index contributed by atoms with van der Waals surface area (Å²) in [6.07, 6.45) is 6.95. The van der Waals surface area contributed by atoms with Crippen LogP contribution < -0.4 is 15.6 Å². The number of aromatic nitrogens is 2. The highest BCUT2D eigenvalue weighted by atomic mass is 79.9. The lowest BCUT2D eigenvalue weighted by Gasteiger charge is -2.22. The summed E-state index contributed by atoms with van der Waals surface area (Å²) < 4.78 is 8.48. The molecule has 1 saturated carbocycles. The molecule has 200 valence electrons. The maximum atomic E-state index is 13.5. The third-order valence-corrected chi connectivity index (χ3v) is 7.91. The Hall–Kier alpha value is -3.01. The van der Waals surface area contributed by atoms with Crippen molar-refractivity contribution in [2.24, 2.45) is 5.10 Å². The van der Waals surface area contributed by atoms with Gasteiger partial charge in [0.15, 0.2) is 12.4 Å². The topological polar surface area (TPSA) is 85.6 Å². The normalized spacial score (nSPS) is 14.1. The van der Waals surface area contributed by atoms with Gasteiger partial charge in [-0.3, -0.25) is 9.59 Å². The van der Waals surface area contributed by atoms with E-state index >= 15 is 0 Å². The zero-order chi connectivity index (χ0) is 27.4. The number of amides is 1. The van der Waals surface area contributed by atoms with Crippen LogP contribution in [0.2, 0.25) is 5.02 Å². The molecule has 0 unspecified atom stereocenters. The van der Waals surface area contributed by atoms with Crippen LogP contribution in [0.3, 0.4) is 0 Å². The average molecular weight is 673 g/mol. The van der Waals surface area contributed by atoms with E-state index in [9.17, 15) is 9.59 Å². The SMILES string of the molecule is O=C(COc1c(Cl)cc(C=Nn2c(C3CCCCC3)nc3ccc(Br)cc3c2=O)cc1Br)Nc1ccccc1. The van der Waals surface area contributed by atoms with Gasteiger partial charge in [-0.2, -0.15) is 9.78 Å². The molecule has 1 aliphatic rings. The van der Waals surface area contributed by atoms with Crippen LogP contribution in [0.4, 0.5) is 5.69 Å². The number of anilines is 1. The van der Waals surface area contributed by atoms with Crippen molar-refractivity contribution in [2.45, 2.75) is 38.0 Å². The zero-order valence-corrected chi connectivity index (χ0v) is 24.8. The molecule has 4 aromatic rings. The number of hydrogen-bond donors (Lipinski definition) is 1. The molecule has 3 aromatic carbocycles. The molecule has 1 aliphatic carbocycles. The fourth-order valence-corrected chi connectivity index (χ4v) is 6.03. The van der Waals surface area contributed by atoms with Crippen molar-refractivity contribution in [3.05, 3.63) is 96.4 Å². The van der Waals surface area contributed by atoms with Gasteiger partial charge in [0.05, 0.1) is 26.6 Å². The van der Waals surface area contributed by atoms with Gasteiger partial charge in [-0.25, -0.2) is 4.98 Å². The number of nitrogens with zero attached hydrogens (tertiary/aromatic N) is 3. The number of halogens is 3. The highest BCUT2D eigenvalue weighted by molar-refractivity contribution is 9.10. The lowest BCUT2D eigenvalue weighted by atomic mass is 9.88. The third-order valence-electron chi connectivity index (χ3n) is 6.55. The number of para-hydroxylation sites is 1. The molecule has 10 heteroatoms. The monoisotopic (exact) mass is 670 g/mol.